The van der Waals surface area contributed by atoms with Crippen molar-refractivity contribution in [1.82, 2.24) is 19.4 Å². The number of nitrogen functional groups attached to an aromatic ring is 1. The molecule has 1 aliphatic rings. The van der Waals surface area contributed by atoms with Gasteiger partial charge in [0.2, 0.25) is 0 Å². The molecule has 3 heterocycles. The smallest absolute Gasteiger partial charge is 0.150 e. The Bertz CT molecular complexity index is 1440. The van der Waals surface area contributed by atoms with Crippen LogP contribution in [0.3, 0.4) is 0 Å². The maximum Gasteiger partial charge on any atom is 0.150 e. The van der Waals surface area contributed by atoms with Gasteiger partial charge in [-0.2, -0.15) is 0 Å². The fourth-order valence-corrected chi connectivity index (χ4v) is 4.58. The van der Waals surface area contributed by atoms with Gasteiger partial charge < -0.3 is 10.5 Å². The van der Waals surface area contributed by atoms with Gasteiger partial charge in [-0.05, 0) is 25.0 Å². The summed E-state index contributed by atoms with van der Waals surface area (Å²) in [5.74, 6) is 1.85. The van der Waals surface area contributed by atoms with Crippen LogP contribution in [-0.4, -0.2) is 32.6 Å². The number of nitrogens with zero attached hydrogens (tertiary/aromatic N) is 4. The van der Waals surface area contributed by atoms with E-state index in [1.165, 1.54) is 0 Å². The van der Waals surface area contributed by atoms with Crippen LogP contribution in [0.1, 0.15) is 24.6 Å². The summed E-state index contributed by atoms with van der Waals surface area (Å²) < 4.78 is 7.57. The second-order valence-electron chi connectivity index (χ2n) is 8.35. The molecule has 6 rings (SSSR count). The topological polar surface area (TPSA) is 78.3 Å². The Labute approximate surface area is 185 Å². The number of rotatable bonds is 4. The van der Waals surface area contributed by atoms with Gasteiger partial charge in [0.25, 0.3) is 0 Å². The van der Waals surface area contributed by atoms with E-state index < -0.39 is 0 Å². The molecule has 1 fully saturated rings. The zero-order valence-corrected chi connectivity index (χ0v) is 17.8. The fraction of sp³-hybridized carbons (Fsp3) is 0.192. The number of anilines is 1. The van der Waals surface area contributed by atoms with Gasteiger partial charge in [-0.3, -0.25) is 4.40 Å². The van der Waals surface area contributed by atoms with Crippen LogP contribution in [0, 0.1) is 0 Å². The van der Waals surface area contributed by atoms with Crippen LogP contribution in [0.25, 0.3) is 38.9 Å². The summed E-state index contributed by atoms with van der Waals surface area (Å²) in [6.07, 6.45) is 5.92. The van der Waals surface area contributed by atoms with Crippen LogP contribution in [-0.2, 0) is 4.74 Å². The number of imidazole rings is 1. The number of methoxy groups -OCH3 is 1. The maximum absolute atomic E-state index is 6.32. The Hall–Kier alpha value is -3.77. The van der Waals surface area contributed by atoms with E-state index in [9.17, 15) is 0 Å². The van der Waals surface area contributed by atoms with Crippen LogP contribution in [0.5, 0.6) is 0 Å². The number of nitrogens with two attached hydrogens (primary N) is 1. The maximum atomic E-state index is 6.32. The highest BCUT2D eigenvalue weighted by molar-refractivity contribution is 5.91. The standard InChI is InChI=1S/C26H23N5O/c1-32-20-13-19(14-20)26-30-23(24-25(27)28-11-12-31(24)26)18-8-7-17-9-10-21(29-22(17)15-18)16-5-3-2-4-6-16/h2-12,15,19-20H,13-14H2,1H3,(H2,27,28). The molecule has 6 heteroatoms. The molecule has 6 nitrogen and oxygen atoms in total. The number of ether oxygens (including phenoxy) is 1. The molecule has 0 saturated heterocycles. The number of fused-ring (bicyclic) bond motifs is 2. The van der Waals surface area contributed by atoms with Gasteiger partial charge in [-0.25, -0.2) is 15.0 Å². The second-order valence-corrected chi connectivity index (χ2v) is 8.35. The van der Waals surface area contributed by atoms with Crippen molar-refractivity contribution in [1.29, 1.82) is 0 Å². The van der Waals surface area contributed by atoms with Crippen molar-refractivity contribution in [3.05, 3.63) is 78.9 Å². The summed E-state index contributed by atoms with van der Waals surface area (Å²) >= 11 is 0. The van der Waals surface area contributed by atoms with Gasteiger partial charge in [-0.15, -0.1) is 0 Å². The zero-order valence-electron chi connectivity index (χ0n) is 17.8. The van der Waals surface area contributed by atoms with E-state index in [1.807, 2.05) is 24.4 Å². The van der Waals surface area contributed by atoms with Gasteiger partial charge in [0, 0.05) is 41.9 Å². The predicted molar refractivity (Wildman–Crippen MR) is 126 cm³/mol. The summed E-state index contributed by atoms with van der Waals surface area (Å²) in [5.41, 5.74) is 12.0. The first-order valence-electron chi connectivity index (χ1n) is 10.8. The highest BCUT2D eigenvalue weighted by Crippen LogP contribution is 2.41. The Morgan fingerprint density at radius 2 is 1.78 bits per heavy atom. The van der Waals surface area contributed by atoms with Gasteiger partial charge in [0.15, 0.2) is 0 Å². The highest BCUT2D eigenvalue weighted by atomic mass is 16.5. The molecule has 0 radical (unpaired) electrons. The zero-order chi connectivity index (χ0) is 21.7. The van der Waals surface area contributed by atoms with Gasteiger partial charge in [-0.1, -0.05) is 48.5 Å². The normalized spacial score (nSPS) is 18.2. The summed E-state index contributed by atoms with van der Waals surface area (Å²) in [6.45, 7) is 0. The first-order valence-corrected chi connectivity index (χ1v) is 10.8. The molecule has 32 heavy (non-hydrogen) atoms. The molecule has 1 saturated carbocycles. The Kier molecular flexibility index (Phi) is 4.40. The third-order valence-corrected chi connectivity index (χ3v) is 6.44. The molecular weight excluding hydrogens is 398 g/mol. The average Bonchev–Trinajstić information content (AvgIpc) is 3.19. The quantitative estimate of drug-likeness (QED) is 0.437. The van der Waals surface area contributed by atoms with E-state index in [-0.39, 0.29) is 0 Å². The van der Waals surface area contributed by atoms with Crippen molar-refractivity contribution in [3.63, 3.8) is 0 Å². The highest BCUT2D eigenvalue weighted by Gasteiger charge is 2.34. The molecule has 0 bridgehead atoms. The molecule has 1 aliphatic carbocycles. The molecule has 0 aliphatic heterocycles. The minimum atomic E-state index is 0.302. The van der Waals surface area contributed by atoms with Gasteiger partial charge in [0.1, 0.15) is 22.9 Å². The molecule has 2 N–H and O–H groups in total. The molecule has 0 spiro atoms. The van der Waals surface area contributed by atoms with Crippen molar-refractivity contribution in [2.45, 2.75) is 24.9 Å². The molecule has 5 aromatic rings. The lowest BCUT2D eigenvalue weighted by Crippen LogP contribution is -2.29. The van der Waals surface area contributed by atoms with Crippen LogP contribution in [0.4, 0.5) is 5.82 Å². The minimum Gasteiger partial charge on any atom is -0.382 e. The first kappa shape index (κ1) is 19.0. The minimum absolute atomic E-state index is 0.302. The lowest BCUT2D eigenvalue weighted by atomic mass is 9.81. The Morgan fingerprint density at radius 3 is 2.59 bits per heavy atom. The van der Waals surface area contributed by atoms with E-state index in [0.717, 1.165) is 57.6 Å². The number of benzene rings is 2. The lowest BCUT2D eigenvalue weighted by molar-refractivity contribution is 0.0235. The lowest BCUT2D eigenvalue weighted by Gasteiger charge is -2.33. The molecule has 2 aromatic carbocycles. The second kappa shape index (κ2) is 7.43. The molecule has 0 amide bonds. The van der Waals surface area contributed by atoms with Crippen molar-refractivity contribution < 1.29 is 4.74 Å². The van der Waals surface area contributed by atoms with Crippen LogP contribution < -0.4 is 5.73 Å². The average molecular weight is 422 g/mol. The molecule has 158 valence electrons. The van der Waals surface area contributed by atoms with Gasteiger partial charge in [0.05, 0.1) is 17.3 Å². The van der Waals surface area contributed by atoms with Crippen LogP contribution in [0.2, 0.25) is 0 Å². The molecule has 0 unspecified atom stereocenters. The van der Waals surface area contributed by atoms with Crippen molar-refractivity contribution in [2.24, 2.45) is 0 Å². The van der Waals surface area contributed by atoms with Gasteiger partial charge >= 0.3 is 0 Å². The number of pyridine rings is 1. The van der Waals surface area contributed by atoms with Crippen molar-refractivity contribution >= 4 is 22.2 Å². The third kappa shape index (κ3) is 3.03. The Morgan fingerprint density at radius 1 is 0.969 bits per heavy atom. The van der Waals surface area contributed by atoms with E-state index in [2.05, 4.69) is 51.8 Å². The molecule has 0 atom stereocenters. The van der Waals surface area contributed by atoms with Crippen molar-refractivity contribution in [2.75, 3.05) is 12.8 Å². The van der Waals surface area contributed by atoms with E-state index >= 15 is 0 Å². The SMILES string of the molecule is COC1CC(c2nc(-c3ccc4ccc(-c5ccccc5)nc4c3)c3c(N)nccn23)C1. The van der Waals surface area contributed by atoms with E-state index in [1.54, 1.807) is 13.3 Å². The monoisotopic (exact) mass is 421 g/mol. The summed E-state index contributed by atoms with van der Waals surface area (Å²) in [4.78, 5) is 14.3. The molecule has 3 aromatic heterocycles. The van der Waals surface area contributed by atoms with Crippen molar-refractivity contribution in [3.8, 4) is 22.5 Å². The van der Waals surface area contributed by atoms with E-state index in [4.69, 9.17) is 20.4 Å². The van der Waals surface area contributed by atoms with Crippen LogP contribution >= 0.6 is 0 Å². The summed E-state index contributed by atoms with van der Waals surface area (Å²) in [5, 5.41) is 1.09. The Balaban J connectivity index is 1.49. The number of hydrogen-bond donors (Lipinski definition) is 1. The number of hydrogen-bond acceptors (Lipinski definition) is 5. The third-order valence-electron chi connectivity index (χ3n) is 6.44. The summed E-state index contributed by atoms with van der Waals surface area (Å²) in [6, 6.07) is 20.7. The fourth-order valence-electron chi connectivity index (χ4n) is 4.58. The predicted octanol–water partition coefficient (Wildman–Crippen LogP) is 5.09. The first-order chi connectivity index (χ1) is 15.7. The largest absolute Gasteiger partial charge is 0.382 e. The molecular formula is C26H23N5O. The number of aromatic nitrogens is 4. The summed E-state index contributed by atoms with van der Waals surface area (Å²) in [7, 11) is 1.77. The van der Waals surface area contributed by atoms with Crippen LogP contribution in [0.15, 0.2) is 73.1 Å². The van der Waals surface area contributed by atoms with E-state index in [0.29, 0.717) is 17.8 Å².